The van der Waals surface area contributed by atoms with Crippen LogP contribution in [-0.4, -0.2) is 36.8 Å². The Kier molecular flexibility index (Phi) is 10.2. The molecular weight excluding hydrogens is 351 g/mol. The second-order valence-electron chi connectivity index (χ2n) is 5.32. The number of carbonyl (C=O) groups excluding carboxylic acids is 4. The van der Waals surface area contributed by atoms with Gasteiger partial charge in [0, 0.05) is 13.1 Å². The monoisotopic (exact) mass is 371 g/mol. The van der Waals surface area contributed by atoms with Crippen LogP contribution >= 0.6 is 0 Å². The first-order chi connectivity index (χ1) is 10.4. The second-order valence-corrected chi connectivity index (χ2v) is 5.32. The Balaban J connectivity index is 0.000000403. The van der Waals surface area contributed by atoms with Crippen LogP contribution in [0, 0.1) is 11.8 Å². The Morgan fingerprint density at radius 3 is 1.43 bits per heavy atom. The topological polar surface area (TPSA) is 138 Å². The van der Waals surface area contributed by atoms with Crippen molar-refractivity contribution in [2.75, 3.05) is 13.1 Å². The minimum atomic E-state index is -1.26. The first-order valence-corrected chi connectivity index (χ1v) is 7.40. The number of hydrogen-bond donors (Lipinski definition) is 2. The summed E-state index contributed by atoms with van der Waals surface area (Å²) in [7, 11) is 0. The van der Waals surface area contributed by atoms with E-state index in [-0.39, 0.29) is 16.8 Å². The number of carbonyl (C=O) groups is 4. The number of rotatable bonds is 2. The second kappa shape index (κ2) is 11.0. The van der Waals surface area contributed by atoms with Crippen LogP contribution in [0.4, 0.5) is 0 Å². The van der Waals surface area contributed by atoms with Crippen LogP contribution in [-0.2, 0) is 36.0 Å². The van der Waals surface area contributed by atoms with Crippen molar-refractivity contribution >= 4 is 23.8 Å². The Bertz CT molecular complexity index is 403. The zero-order valence-electron chi connectivity index (χ0n) is 12.6. The van der Waals surface area contributed by atoms with Gasteiger partial charge in [0.1, 0.15) is 0 Å². The van der Waals surface area contributed by atoms with Gasteiger partial charge >= 0.3 is 16.8 Å². The number of amides is 2. The number of hydrogen-bond acceptors (Lipinski definition) is 6. The molecule has 2 N–H and O–H groups in total. The fourth-order valence-corrected chi connectivity index (χ4v) is 2.33. The molecule has 2 fully saturated rings. The van der Waals surface area contributed by atoms with Gasteiger partial charge in [-0.2, -0.15) is 0 Å². The Morgan fingerprint density at radius 1 is 0.783 bits per heavy atom. The number of nitrogens with one attached hydrogen (secondary N) is 2. The summed E-state index contributed by atoms with van der Waals surface area (Å²) in [5.74, 6) is -5.19. The van der Waals surface area contributed by atoms with Crippen LogP contribution in [0.3, 0.4) is 0 Å². The minimum absolute atomic E-state index is 0. The van der Waals surface area contributed by atoms with Crippen LogP contribution in [0.15, 0.2) is 0 Å². The van der Waals surface area contributed by atoms with E-state index in [1.54, 1.807) is 0 Å². The van der Waals surface area contributed by atoms with Crippen LogP contribution in [0.25, 0.3) is 0 Å². The van der Waals surface area contributed by atoms with Crippen molar-refractivity contribution in [1.82, 2.24) is 10.6 Å². The summed E-state index contributed by atoms with van der Waals surface area (Å²) in [5, 5.41) is 25.7. The molecule has 8 nitrogen and oxygen atoms in total. The molecule has 0 aromatic rings. The quantitative estimate of drug-likeness (QED) is 0.507. The van der Waals surface area contributed by atoms with Crippen LogP contribution in [0.1, 0.15) is 38.5 Å². The molecule has 0 aromatic carbocycles. The maximum atomic E-state index is 10.9. The van der Waals surface area contributed by atoms with Crippen molar-refractivity contribution in [2.24, 2.45) is 11.8 Å². The molecule has 2 amide bonds. The Morgan fingerprint density at radius 2 is 1.13 bits per heavy atom. The molecule has 2 saturated heterocycles. The van der Waals surface area contributed by atoms with E-state index in [1.165, 1.54) is 0 Å². The Hall–Kier alpha value is -1.61. The average molecular weight is 371 g/mol. The number of carboxylic acids is 2. The average Bonchev–Trinajstić information content (AvgIpc) is 2.79. The van der Waals surface area contributed by atoms with Gasteiger partial charge < -0.3 is 30.4 Å². The van der Waals surface area contributed by atoms with E-state index < -0.39 is 35.6 Å². The largest absolute Gasteiger partial charge is 2.00 e. The van der Waals surface area contributed by atoms with Crippen molar-refractivity contribution < 1.29 is 46.2 Å². The molecule has 0 bridgehead atoms. The SMILES string of the molecule is O=C([O-])C1CCCCNC1=O.O=C([O-])C1CCCCNC1=O.[Co+2]. The van der Waals surface area contributed by atoms with Crippen molar-refractivity contribution in [2.45, 2.75) is 38.5 Å². The molecule has 0 spiro atoms. The first-order valence-electron chi connectivity index (χ1n) is 7.40. The predicted molar refractivity (Wildman–Crippen MR) is 70.7 cm³/mol. The van der Waals surface area contributed by atoms with Gasteiger partial charge in [0.25, 0.3) is 0 Å². The standard InChI is InChI=1S/2C7H11NO3.Co/c2*9-6-5(7(10)11)3-1-2-4-8-6;/h2*5H,1-4H2,(H,8,9)(H,10,11);/q;;+2/p-2. The third kappa shape index (κ3) is 7.46. The van der Waals surface area contributed by atoms with Gasteiger partial charge in [0.2, 0.25) is 11.8 Å². The minimum Gasteiger partial charge on any atom is -0.549 e. The van der Waals surface area contributed by atoms with E-state index in [0.717, 1.165) is 25.7 Å². The fourth-order valence-electron chi connectivity index (χ4n) is 2.33. The molecule has 0 aromatic heterocycles. The molecule has 23 heavy (non-hydrogen) atoms. The summed E-state index contributed by atoms with van der Waals surface area (Å²) in [6, 6.07) is 0. The normalized spacial score (nSPS) is 24.3. The maximum Gasteiger partial charge on any atom is 2.00 e. The van der Waals surface area contributed by atoms with Gasteiger partial charge in [-0.25, -0.2) is 0 Å². The van der Waals surface area contributed by atoms with E-state index in [1.807, 2.05) is 0 Å². The van der Waals surface area contributed by atoms with Crippen molar-refractivity contribution in [3.8, 4) is 0 Å². The molecule has 2 unspecified atom stereocenters. The van der Waals surface area contributed by atoms with E-state index in [2.05, 4.69) is 10.6 Å². The van der Waals surface area contributed by atoms with Gasteiger partial charge in [0.15, 0.2) is 0 Å². The van der Waals surface area contributed by atoms with Crippen molar-refractivity contribution in [3.05, 3.63) is 0 Å². The maximum absolute atomic E-state index is 10.9. The molecule has 0 saturated carbocycles. The van der Waals surface area contributed by atoms with E-state index >= 15 is 0 Å². The molecule has 2 rings (SSSR count). The summed E-state index contributed by atoms with van der Waals surface area (Å²) in [6.45, 7) is 1.17. The van der Waals surface area contributed by atoms with Crippen LogP contribution in [0.5, 0.6) is 0 Å². The van der Waals surface area contributed by atoms with Crippen molar-refractivity contribution in [1.29, 1.82) is 0 Å². The molecular formula is C14H20CoN2O6. The summed E-state index contributed by atoms with van der Waals surface area (Å²) < 4.78 is 0. The van der Waals surface area contributed by atoms with Crippen molar-refractivity contribution in [3.63, 3.8) is 0 Å². The van der Waals surface area contributed by atoms with Gasteiger partial charge in [-0.05, 0) is 25.7 Å². The van der Waals surface area contributed by atoms with Gasteiger partial charge in [-0.15, -0.1) is 0 Å². The van der Waals surface area contributed by atoms with Gasteiger partial charge in [-0.1, -0.05) is 12.8 Å². The van der Waals surface area contributed by atoms with Crippen LogP contribution < -0.4 is 20.8 Å². The number of carboxylic acid groups (broad SMARTS) is 2. The zero-order chi connectivity index (χ0) is 16.5. The smallest absolute Gasteiger partial charge is 0.549 e. The first kappa shape index (κ1) is 21.4. The summed E-state index contributed by atoms with van der Waals surface area (Å²) in [5.41, 5.74) is 0. The molecule has 131 valence electrons. The molecule has 2 aliphatic rings. The summed E-state index contributed by atoms with van der Waals surface area (Å²) in [4.78, 5) is 42.5. The van der Waals surface area contributed by atoms with E-state index in [4.69, 9.17) is 0 Å². The Labute approximate surface area is 144 Å². The van der Waals surface area contributed by atoms with Crippen LogP contribution in [0.2, 0.25) is 0 Å². The molecule has 2 heterocycles. The molecule has 1 radical (unpaired) electrons. The fraction of sp³-hybridized carbons (Fsp3) is 0.714. The third-order valence-corrected chi connectivity index (χ3v) is 3.64. The third-order valence-electron chi connectivity index (χ3n) is 3.64. The zero-order valence-corrected chi connectivity index (χ0v) is 13.6. The molecule has 2 atom stereocenters. The molecule has 9 heteroatoms. The molecule has 0 aliphatic carbocycles. The summed E-state index contributed by atoms with van der Waals surface area (Å²) in [6.07, 6.45) is 4.09. The van der Waals surface area contributed by atoms with E-state index in [0.29, 0.717) is 25.9 Å². The molecule has 2 aliphatic heterocycles. The number of aliphatic carboxylic acids is 2. The van der Waals surface area contributed by atoms with E-state index in [9.17, 15) is 29.4 Å². The van der Waals surface area contributed by atoms with Gasteiger partial charge in [-0.3, -0.25) is 9.59 Å². The summed E-state index contributed by atoms with van der Waals surface area (Å²) >= 11 is 0. The van der Waals surface area contributed by atoms with Gasteiger partial charge in [0.05, 0.1) is 23.8 Å². The predicted octanol–water partition coefficient (Wildman–Crippen LogP) is -2.70.